The highest BCUT2D eigenvalue weighted by atomic mass is 19.3. The third kappa shape index (κ3) is 11.2. The van der Waals surface area contributed by atoms with E-state index in [2.05, 4.69) is 10.1 Å². The first-order valence-electron chi connectivity index (χ1n) is 4.76. The monoisotopic (exact) mass is 225 g/mol. The van der Waals surface area contributed by atoms with Crippen molar-refractivity contribution in [3.05, 3.63) is 0 Å². The van der Waals surface area contributed by atoms with E-state index in [1.165, 1.54) is 0 Å². The van der Waals surface area contributed by atoms with Crippen molar-refractivity contribution in [3.8, 4) is 0 Å². The van der Waals surface area contributed by atoms with Crippen molar-refractivity contribution in [2.24, 2.45) is 0 Å². The van der Waals surface area contributed by atoms with Crippen LogP contribution in [0.5, 0.6) is 0 Å². The lowest BCUT2D eigenvalue weighted by Gasteiger charge is -2.08. The van der Waals surface area contributed by atoms with Gasteiger partial charge in [-0.25, -0.2) is 8.78 Å². The van der Waals surface area contributed by atoms with E-state index in [1.54, 1.807) is 0 Å². The summed E-state index contributed by atoms with van der Waals surface area (Å²) in [7, 11) is 0. The van der Waals surface area contributed by atoms with Gasteiger partial charge in [-0.1, -0.05) is 0 Å². The molecule has 0 fully saturated rings. The maximum Gasteiger partial charge on any atom is 0.261 e. The molecule has 0 aliphatic rings. The first-order chi connectivity index (χ1) is 7.02. The van der Waals surface area contributed by atoms with Crippen molar-refractivity contribution in [2.45, 2.75) is 26.4 Å². The Morgan fingerprint density at radius 2 is 2.07 bits per heavy atom. The largest absolute Gasteiger partial charge is 0.374 e. The molecule has 0 aromatic heterocycles. The number of alkyl halides is 2. The Bertz CT molecular complexity index is 177. The van der Waals surface area contributed by atoms with Gasteiger partial charge >= 0.3 is 0 Å². The Labute approximate surface area is 87.9 Å². The molecule has 0 saturated carbocycles. The summed E-state index contributed by atoms with van der Waals surface area (Å²) in [4.78, 5) is 11.0. The quantitative estimate of drug-likeness (QED) is 0.622. The number of halogens is 2. The molecule has 0 atom stereocenters. The van der Waals surface area contributed by atoms with Gasteiger partial charge in [0.25, 0.3) is 6.43 Å². The van der Waals surface area contributed by atoms with Gasteiger partial charge in [-0.05, 0) is 13.8 Å². The summed E-state index contributed by atoms with van der Waals surface area (Å²) in [6.07, 6.45) is -2.48. The molecule has 0 aliphatic carbocycles. The van der Waals surface area contributed by atoms with Crippen LogP contribution in [0.2, 0.25) is 0 Å². The zero-order valence-corrected chi connectivity index (χ0v) is 8.96. The van der Waals surface area contributed by atoms with Crippen LogP contribution in [0.25, 0.3) is 0 Å². The molecule has 0 aromatic rings. The van der Waals surface area contributed by atoms with Gasteiger partial charge < -0.3 is 14.8 Å². The first-order valence-corrected chi connectivity index (χ1v) is 4.76. The van der Waals surface area contributed by atoms with Crippen LogP contribution in [0.1, 0.15) is 13.8 Å². The van der Waals surface area contributed by atoms with Crippen LogP contribution in [-0.4, -0.2) is 44.8 Å². The second kappa shape index (κ2) is 8.55. The number of rotatable bonds is 8. The van der Waals surface area contributed by atoms with Gasteiger partial charge in [-0.2, -0.15) is 0 Å². The van der Waals surface area contributed by atoms with Gasteiger partial charge in [0, 0.05) is 6.54 Å². The number of nitrogens with one attached hydrogen (secondary N) is 1. The van der Waals surface area contributed by atoms with Crippen molar-refractivity contribution in [1.82, 2.24) is 5.32 Å². The number of hydrogen-bond donors (Lipinski definition) is 1. The first kappa shape index (κ1) is 14.2. The Morgan fingerprint density at radius 1 is 1.40 bits per heavy atom. The van der Waals surface area contributed by atoms with E-state index in [1.807, 2.05) is 13.8 Å². The summed E-state index contributed by atoms with van der Waals surface area (Å²) in [5, 5.41) is 2.48. The highest BCUT2D eigenvalue weighted by Crippen LogP contribution is 1.91. The van der Waals surface area contributed by atoms with Gasteiger partial charge in [0.1, 0.15) is 13.2 Å². The van der Waals surface area contributed by atoms with E-state index in [9.17, 15) is 13.6 Å². The molecule has 0 radical (unpaired) electrons. The fourth-order valence-corrected chi connectivity index (χ4v) is 0.728. The van der Waals surface area contributed by atoms with Crippen LogP contribution in [-0.2, 0) is 14.3 Å². The second-order valence-corrected chi connectivity index (χ2v) is 3.18. The number of amides is 1. The Balaban J connectivity index is 3.24. The highest BCUT2D eigenvalue weighted by molar-refractivity contribution is 5.77. The number of ether oxygens (including phenoxy) is 2. The minimum absolute atomic E-state index is 0.00849. The Morgan fingerprint density at radius 3 is 2.60 bits per heavy atom. The molecular formula is C9H17F2NO3. The zero-order valence-electron chi connectivity index (χ0n) is 8.96. The molecule has 0 rings (SSSR count). The van der Waals surface area contributed by atoms with Crippen molar-refractivity contribution in [1.29, 1.82) is 0 Å². The lowest BCUT2D eigenvalue weighted by atomic mass is 10.5. The summed E-state index contributed by atoms with van der Waals surface area (Å²) in [6, 6.07) is 0. The van der Waals surface area contributed by atoms with Crippen LogP contribution in [0.3, 0.4) is 0 Å². The molecular weight excluding hydrogens is 208 g/mol. The summed E-state index contributed by atoms with van der Waals surface area (Å²) in [6.45, 7) is 3.31. The summed E-state index contributed by atoms with van der Waals surface area (Å²) in [5.41, 5.74) is 0. The fraction of sp³-hybridized carbons (Fsp3) is 0.889. The highest BCUT2D eigenvalue weighted by Gasteiger charge is 2.03. The van der Waals surface area contributed by atoms with E-state index < -0.39 is 13.0 Å². The molecule has 0 aromatic carbocycles. The minimum Gasteiger partial charge on any atom is -0.374 e. The van der Waals surface area contributed by atoms with Crippen molar-refractivity contribution in [2.75, 3.05) is 26.4 Å². The van der Waals surface area contributed by atoms with E-state index >= 15 is 0 Å². The number of carbonyl (C=O) groups is 1. The van der Waals surface area contributed by atoms with E-state index in [4.69, 9.17) is 4.74 Å². The SMILES string of the molecule is CC(C)OCC(=O)NCCOCC(F)F. The molecule has 0 heterocycles. The van der Waals surface area contributed by atoms with Gasteiger partial charge in [-0.15, -0.1) is 0 Å². The van der Waals surface area contributed by atoms with E-state index in [0.29, 0.717) is 0 Å². The number of hydrogen-bond acceptors (Lipinski definition) is 3. The third-order valence-electron chi connectivity index (χ3n) is 1.36. The molecule has 0 bridgehead atoms. The molecule has 6 heteroatoms. The molecule has 0 aliphatic heterocycles. The third-order valence-corrected chi connectivity index (χ3v) is 1.36. The Hall–Kier alpha value is -0.750. The van der Waals surface area contributed by atoms with Crippen LogP contribution < -0.4 is 5.32 Å². The van der Waals surface area contributed by atoms with Gasteiger partial charge in [0.05, 0.1) is 12.7 Å². The summed E-state index contributed by atoms with van der Waals surface area (Å²) >= 11 is 0. The van der Waals surface area contributed by atoms with Gasteiger partial charge in [0.2, 0.25) is 5.91 Å². The molecule has 0 unspecified atom stereocenters. The maximum atomic E-state index is 11.6. The molecule has 1 amide bonds. The average Bonchev–Trinajstić information content (AvgIpc) is 2.13. The lowest BCUT2D eigenvalue weighted by molar-refractivity contribution is -0.127. The Kier molecular flexibility index (Phi) is 8.12. The topological polar surface area (TPSA) is 47.6 Å². The van der Waals surface area contributed by atoms with Gasteiger partial charge in [-0.3, -0.25) is 4.79 Å². The van der Waals surface area contributed by atoms with Crippen molar-refractivity contribution in [3.63, 3.8) is 0 Å². The van der Waals surface area contributed by atoms with Crippen molar-refractivity contribution < 1.29 is 23.0 Å². The minimum atomic E-state index is -2.47. The fourth-order valence-electron chi connectivity index (χ4n) is 0.728. The average molecular weight is 225 g/mol. The normalized spacial score (nSPS) is 11.1. The molecule has 90 valence electrons. The smallest absolute Gasteiger partial charge is 0.261 e. The van der Waals surface area contributed by atoms with Gasteiger partial charge in [0.15, 0.2) is 0 Å². The van der Waals surface area contributed by atoms with Crippen LogP contribution in [0.4, 0.5) is 8.78 Å². The standard InChI is InChI=1S/C9H17F2NO3/c1-7(2)15-6-9(13)12-3-4-14-5-8(10)11/h7-8H,3-6H2,1-2H3,(H,12,13). The van der Waals surface area contributed by atoms with Crippen LogP contribution in [0.15, 0.2) is 0 Å². The van der Waals surface area contributed by atoms with Crippen LogP contribution >= 0.6 is 0 Å². The summed E-state index contributed by atoms with van der Waals surface area (Å²) < 4.78 is 32.8. The van der Waals surface area contributed by atoms with E-state index in [-0.39, 0.29) is 31.8 Å². The summed E-state index contributed by atoms with van der Waals surface area (Å²) in [5.74, 6) is -0.274. The maximum absolute atomic E-state index is 11.6. The van der Waals surface area contributed by atoms with Crippen LogP contribution in [0, 0.1) is 0 Å². The van der Waals surface area contributed by atoms with Crippen molar-refractivity contribution >= 4 is 5.91 Å². The number of carbonyl (C=O) groups excluding carboxylic acids is 1. The molecule has 0 saturated heterocycles. The van der Waals surface area contributed by atoms with E-state index in [0.717, 1.165) is 0 Å². The molecule has 0 spiro atoms. The molecule has 4 nitrogen and oxygen atoms in total. The molecule has 1 N–H and O–H groups in total. The lowest BCUT2D eigenvalue weighted by Crippen LogP contribution is -2.31. The second-order valence-electron chi connectivity index (χ2n) is 3.18. The zero-order chi connectivity index (χ0) is 11.7. The predicted octanol–water partition coefficient (Wildman–Crippen LogP) is 0.809. The predicted molar refractivity (Wildman–Crippen MR) is 50.9 cm³/mol. The molecule has 15 heavy (non-hydrogen) atoms.